The summed E-state index contributed by atoms with van der Waals surface area (Å²) in [6.07, 6.45) is 2.75. The molecule has 1 aliphatic rings. The summed E-state index contributed by atoms with van der Waals surface area (Å²) in [5.74, 6) is 0.372. The number of nitrogens with zero attached hydrogens (tertiary/aromatic N) is 2. The van der Waals surface area contributed by atoms with Crippen LogP contribution in [-0.2, 0) is 34.0 Å². The normalized spacial score (nSPS) is 15.7. The van der Waals surface area contributed by atoms with Crippen molar-refractivity contribution < 1.29 is 13.2 Å². The number of sulfone groups is 1. The monoisotopic (exact) mass is 529 g/mol. The number of aromatic nitrogens is 1. The predicted octanol–water partition coefficient (Wildman–Crippen LogP) is 4.05. The zero-order valence-corrected chi connectivity index (χ0v) is 23.1. The van der Waals surface area contributed by atoms with Crippen LogP contribution in [0, 0.1) is 19.8 Å². The number of hydrogen-bond acceptors (Lipinski definition) is 5. The summed E-state index contributed by atoms with van der Waals surface area (Å²) in [4.78, 5) is 19.8. The molecular formula is C25H37Cl2N3O3S. The quantitative estimate of drug-likeness (QED) is 0.583. The maximum absolute atomic E-state index is 13.2. The standard InChI is InChI=1S/C25H35N3O3S.2ClH/c1-16(2)12-23-22(14-26)25(19-8-6-17(3)7-9-19)21(18(4)27-23)13-24(29)28-11-10-20(15-28)32(5,30)31;;/h6-9,16,20H,10-15,26H2,1-5H3;2*1H. The van der Waals surface area contributed by atoms with Crippen molar-refractivity contribution in [2.45, 2.75) is 58.8 Å². The Morgan fingerprint density at radius 2 is 1.76 bits per heavy atom. The number of carbonyl (C=O) groups excluding carboxylic acids is 1. The Balaban J connectivity index is 0.00000289. The average molecular weight is 531 g/mol. The number of aryl methyl sites for hydroxylation is 2. The van der Waals surface area contributed by atoms with E-state index in [0.29, 0.717) is 25.4 Å². The van der Waals surface area contributed by atoms with Crippen LogP contribution in [-0.4, -0.2) is 48.8 Å². The van der Waals surface area contributed by atoms with Gasteiger partial charge < -0.3 is 10.6 Å². The van der Waals surface area contributed by atoms with Gasteiger partial charge in [-0.25, -0.2) is 8.42 Å². The molecule has 2 N–H and O–H groups in total. The van der Waals surface area contributed by atoms with Gasteiger partial charge in [0.15, 0.2) is 9.84 Å². The summed E-state index contributed by atoms with van der Waals surface area (Å²) in [5, 5.41) is -0.477. The van der Waals surface area contributed by atoms with Crippen LogP contribution in [0.3, 0.4) is 0 Å². The van der Waals surface area contributed by atoms with E-state index in [4.69, 9.17) is 10.7 Å². The summed E-state index contributed by atoms with van der Waals surface area (Å²) >= 11 is 0. The van der Waals surface area contributed by atoms with Gasteiger partial charge in [-0.3, -0.25) is 9.78 Å². The number of amides is 1. The van der Waals surface area contributed by atoms with E-state index in [0.717, 1.165) is 45.6 Å². The number of rotatable bonds is 7. The molecule has 0 aliphatic carbocycles. The van der Waals surface area contributed by atoms with Gasteiger partial charge in [0.05, 0.1) is 11.7 Å². The first-order valence-electron chi connectivity index (χ1n) is 11.3. The molecular weight excluding hydrogens is 493 g/mol. The van der Waals surface area contributed by atoms with Crippen molar-refractivity contribution in [1.82, 2.24) is 9.88 Å². The molecule has 1 aromatic carbocycles. The van der Waals surface area contributed by atoms with Crippen LogP contribution in [0.1, 0.15) is 48.3 Å². The van der Waals surface area contributed by atoms with Crippen molar-refractivity contribution in [2.75, 3.05) is 19.3 Å². The van der Waals surface area contributed by atoms with Crippen LogP contribution in [0.2, 0.25) is 0 Å². The lowest BCUT2D eigenvalue weighted by Gasteiger charge is -2.23. The number of likely N-dealkylation sites (tertiary alicyclic amines) is 1. The minimum Gasteiger partial charge on any atom is -0.341 e. The third-order valence-electron chi connectivity index (χ3n) is 6.27. The summed E-state index contributed by atoms with van der Waals surface area (Å²) < 4.78 is 23.9. The third kappa shape index (κ3) is 6.94. The molecule has 1 amide bonds. The molecule has 1 saturated heterocycles. The van der Waals surface area contributed by atoms with Crippen molar-refractivity contribution in [3.63, 3.8) is 0 Å². The highest BCUT2D eigenvalue weighted by atomic mass is 35.5. The SMILES string of the molecule is Cc1ccc(-c2c(CC(=O)N3CCC(S(C)(=O)=O)C3)c(C)nc(CC(C)C)c2CN)cc1.Cl.Cl. The average Bonchev–Trinajstić information content (AvgIpc) is 3.21. The molecule has 1 fully saturated rings. The molecule has 0 bridgehead atoms. The van der Waals surface area contributed by atoms with Crippen molar-refractivity contribution >= 4 is 40.6 Å². The molecule has 0 saturated carbocycles. The van der Waals surface area contributed by atoms with E-state index in [1.165, 1.54) is 6.26 Å². The Morgan fingerprint density at radius 3 is 2.26 bits per heavy atom. The van der Waals surface area contributed by atoms with Crippen LogP contribution in [0.25, 0.3) is 11.1 Å². The maximum atomic E-state index is 13.2. The molecule has 6 nitrogen and oxygen atoms in total. The molecule has 2 aromatic rings. The molecule has 34 heavy (non-hydrogen) atoms. The number of pyridine rings is 1. The predicted molar refractivity (Wildman–Crippen MR) is 144 cm³/mol. The van der Waals surface area contributed by atoms with E-state index < -0.39 is 15.1 Å². The Kier molecular flexibility index (Phi) is 11.0. The van der Waals surface area contributed by atoms with Gasteiger partial charge in [0, 0.05) is 37.3 Å². The molecule has 0 spiro atoms. The maximum Gasteiger partial charge on any atom is 0.227 e. The molecule has 0 radical (unpaired) electrons. The Labute approximate surface area is 216 Å². The highest BCUT2D eigenvalue weighted by Crippen LogP contribution is 2.33. The number of hydrogen-bond donors (Lipinski definition) is 1. The van der Waals surface area contributed by atoms with Gasteiger partial charge >= 0.3 is 0 Å². The van der Waals surface area contributed by atoms with Crippen LogP contribution in [0.5, 0.6) is 0 Å². The van der Waals surface area contributed by atoms with Crippen LogP contribution in [0.15, 0.2) is 24.3 Å². The zero-order chi connectivity index (χ0) is 23.6. The van der Waals surface area contributed by atoms with Crippen LogP contribution >= 0.6 is 24.8 Å². The molecule has 1 unspecified atom stereocenters. The second kappa shape index (κ2) is 12.3. The molecule has 1 aliphatic heterocycles. The molecule has 1 atom stereocenters. The fourth-order valence-electron chi connectivity index (χ4n) is 4.47. The van der Waals surface area contributed by atoms with E-state index in [-0.39, 0.29) is 43.7 Å². The molecule has 3 rings (SSSR count). The summed E-state index contributed by atoms with van der Waals surface area (Å²) in [6.45, 7) is 9.40. The van der Waals surface area contributed by atoms with E-state index >= 15 is 0 Å². The minimum absolute atomic E-state index is 0. The lowest BCUT2D eigenvalue weighted by atomic mass is 9.88. The summed E-state index contributed by atoms with van der Waals surface area (Å²) in [7, 11) is -3.16. The van der Waals surface area contributed by atoms with Gasteiger partial charge in [0.1, 0.15) is 0 Å². The van der Waals surface area contributed by atoms with Crippen molar-refractivity contribution in [1.29, 1.82) is 0 Å². The van der Waals surface area contributed by atoms with Crippen LogP contribution in [0.4, 0.5) is 0 Å². The van der Waals surface area contributed by atoms with Gasteiger partial charge in [0.2, 0.25) is 5.91 Å². The first kappa shape index (κ1) is 30.4. The largest absolute Gasteiger partial charge is 0.341 e. The number of benzene rings is 1. The molecule has 9 heteroatoms. The number of carbonyl (C=O) groups is 1. The van der Waals surface area contributed by atoms with E-state index in [1.54, 1.807) is 4.90 Å². The van der Waals surface area contributed by atoms with Gasteiger partial charge in [-0.2, -0.15) is 0 Å². The zero-order valence-electron chi connectivity index (χ0n) is 20.6. The third-order valence-corrected chi connectivity index (χ3v) is 7.86. The van der Waals surface area contributed by atoms with Crippen LogP contribution < -0.4 is 5.73 Å². The van der Waals surface area contributed by atoms with Crippen molar-refractivity contribution in [2.24, 2.45) is 11.7 Å². The second-order valence-electron chi connectivity index (χ2n) is 9.40. The second-order valence-corrected chi connectivity index (χ2v) is 11.7. The summed E-state index contributed by atoms with van der Waals surface area (Å²) in [6, 6.07) is 8.28. The van der Waals surface area contributed by atoms with E-state index in [9.17, 15) is 13.2 Å². The number of nitrogens with two attached hydrogens (primary N) is 1. The van der Waals surface area contributed by atoms with Gasteiger partial charge in [-0.1, -0.05) is 43.7 Å². The molecule has 190 valence electrons. The highest BCUT2D eigenvalue weighted by molar-refractivity contribution is 7.91. The smallest absolute Gasteiger partial charge is 0.227 e. The Hall–Kier alpha value is -1.67. The van der Waals surface area contributed by atoms with Crippen molar-refractivity contribution in [3.8, 4) is 11.1 Å². The lowest BCUT2D eigenvalue weighted by molar-refractivity contribution is -0.129. The number of halogens is 2. The topological polar surface area (TPSA) is 93.4 Å². The Morgan fingerprint density at radius 1 is 1.15 bits per heavy atom. The fourth-order valence-corrected chi connectivity index (χ4v) is 5.46. The van der Waals surface area contributed by atoms with Gasteiger partial charge in [0.25, 0.3) is 0 Å². The summed E-state index contributed by atoms with van der Waals surface area (Å²) in [5.41, 5.74) is 13.1. The first-order valence-corrected chi connectivity index (χ1v) is 13.2. The fraction of sp³-hybridized carbons (Fsp3) is 0.520. The van der Waals surface area contributed by atoms with E-state index in [2.05, 4.69) is 38.1 Å². The highest BCUT2D eigenvalue weighted by Gasteiger charge is 2.33. The van der Waals surface area contributed by atoms with Crippen molar-refractivity contribution in [3.05, 3.63) is 52.3 Å². The van der Waals surface area contributed by atoms with E-state index in [1.807, 2.05) is 13.8 Å². The minimum atomic E-state index is -3.16. The van der Waals surface area contributed by atoms with Gasteiger partial charge in [-0.05, 0) is 54.9 Å². The molecule has 2 heterocycles. The lowest BCUT2D eigenvalue weighted by Crippen LogP contribution is -2.33. The Bertz CT molecular complexity index is 1100. The molecule has 1 aromatic heterocycles. The van der Waals surface area contributed by atoms with Gasteiger partial charge in [-0.15, -0.1) is 24.8 Å². The first-order chi connectivity index (χ1) is 15.0.